The number of hydrogen-bond acceptors (Lipinski definition) is 6. The van der Waals surface area contributed by atoms with Gasteiger partial charge >= 0.3 is 0 Å². The Morgan fingerprint density at radius 1 is 1.05 bits per heavy atom. The van der Waals surface area contributed by atoms with Crippen LogP contribution in [0.15, 0.2) is 18.5 Å². The zero-order chi connectivity index (χ0) is 15.2. The maximum absolute atomic E-state index is 5.52. The predicted octanol–water partition coefficient (Wildman–Crippen LogP) is 0.450. The second-order valence-electron chi connectivity index (χ2n) is 3.98. The monoisotopic (exact) mass is 294 g/mol. The van der Waals surface area contributed by atoms with Crippen LogP contribution in [0.1, 0.15) is 5.56 Å². The summed E-state index contributed by atoms with van der Waals surface area (Å²) in [5.41, 5.74) is 6.10. The Labute approximate surface area is 125 Å². The van der Waals surface area contributed by atoms with E-state index in [0.29, 0.717) is 51.9 Å². The average Bonchev–Trinajstić information content (AvgIpc) is 2.52. The fraction of sp³-hybridized carbons (Fsp3) is 0.533. The highest BCUT2D eigenvalue weighted by Crippen LogP contribution is 2.09. The first-order chi connectivity index (χ1) is 10.4. The van der Waals surface area contributed by atoms with Crippen LogP contribution in [0.25, 0.3) is 0 Å². The van der Waals surface area contributed by atoms with E-state index in [2.05, 4.69) is 16.8 Å². The van der Waals surface area contributed by atoms with Gasteiger partial charge < -0.3 is 24.7 Å². The molecule has 0 fully saturated rings. The van der Waals surface area contributed by atoms with Gasteiger partial charge in [0.2, 0.25) is 0 Å². The van der Waals surface area contributed by atoms with Crippen molar-refractivity contribution in [3.05, 3.63) is 24.0 Å². The molecule has 0 bridgehead atoms. The first-order valence-electron chi connectivity index (χ1n) is 6.78. The molecular weight excluding hydrogens is 272 g/mol. The Morgan fingerprint density at radius 3 is 2.48 bits per heavy atom. The highest BCUT2D eigenvalue weighted by Gasteiger charge is 1.96. The van der Waals surface area contributed by atoms with Gasteiger partial charge in [0.05, 0.1) is 45.8 Å². The van der Waals surface area contributed by atoms with E-state index in [1.54, 1.807) is 19.5 Å². The molecule has 0 spiro atoms. The Morgan fingerprint density at radius 2 is 1.76 bits per heavy atom. The van der Waals surface area contributed by atoms with Gasteiger partial charge in [-0.05, 0) is 6.07 Å². The number of methoxy groups -OCH3 is 1. The van der Waals surface area contributed by atoms with Crippen molar-refractivity contribution in [3.8, 4) is 17.6 Å². The molecular formula is C15H22N2O4. The highest BCUT2D eigenvalue weighted by molar-refractivity contribution is 5.36. The Kier molecular flexibility index (Phi) is 10.0. The first kappa shape index (κ1) is 17.4. The zero-order valence-corrected chi connectivity index (χ0v) is 12.3. The molecule has 1 aromatic rings. The van der Waals surface area contributed by atoms with E-state index in [0.717, 1.165) is 5.56 Å². The number of rotatable bonds is 10. The molecule has 6 heteroatoms. The minimum atomic E-state index is 0.325. The summed E-state index contributed by atoms with van der Waals surface area (Å²) in [5.74, 6) is 6.34. The minimum absolute atomic E-state index is 0.325. The van der Waals surface area contributed by atoms with E-state index in [1.807, 2.05) is 6.07 Å². The second-order valence-corrected chi connectivity index (χ2v) is 3.98. The molecule has 0 aliphatic carbocycles. The highest BCUT2D eigenvalue weighted by atomic mass is 16.6. The van der Waals surface area contributed by atoms with Gasteiger partial charge in [0.25, 0.3) is 0 Å². The molecule has 21 heavy (non-hydrogen) atoms. The van der Waals surface area contributed by atoms with Crippen LogP contribution in [0.5, 0.6) is 5.75 Å². The van der Waals surface area contributed by atoms with Gasteiger partial charge in [-0.3, -0.25) is 4.98 Å². The summed E-state index contributed by atoms with van der Waals surface area (Å²) in [4.78, 5) is 4.05. The standard InChI is InChI=1S/C15H22N2O4/c1-18-5-6-19-7-8-20-9-10-21-15-11-14(3-2-4-16)12-17-13-15/h11-13H,4-10,16H2,1H3. The van der Waals surface area contributed by atoms with E-state index in [-0.39, 0.29) is 0 Å². The van der Waals surface area contributed by atoms with Gasteiger partial charge in [-0.2, -0.15) is 0 Å². The number of aromatic nitrogens is 1. The summed E-state index contributed by atoms with van der Waals surface area (Å²) in [7, 11) is 1.64. The van der Waals surface area contributed by atoms with Crippen molar-refractivity contribution in [1.29, 1.82) is 0 Å². The Balaban J connectivity index is 2.10. The van der Waals surface area contributed by atoms with Crippen molar-refractivity contribution in [3.63, 3.8) is 0 Å². The molecule has 0 aliphatic heterocycles. The molecule has 0 atom stereocenters. The van der Waals surface area contributed by atoms with Crippen molar-refractivity contribution in [2.45, 2.75) is 0 Å². The summed E-state index contributed by atoms with van der Waals surface area (Å²) >= 11 is 0. The molecule has 0 radical (unpaired) electrons. The van der Waals surface area contributed by atoms with Crippen LogP contribution in [0.2, 0.25) is 0 Å². The van der Waals surface area contributed by atoms with Gasteiger partial charge in [0.15, 0.2) is 0 Å². The molecule has 1 heterocycles. The fourth-order valence-corrected chi connectivity index (χ4v) is 1.40. The largest absolute Gasteiger partial charge is 0.490 e. The van der Waals surface area contributed by atoms with Gasteiger partial charge in [0, 0.05) is 18.9 Å². The van der Waals surface area contributed by atoms with Gasteiger partial charge in [-0.15, -0.1) is 0 Å². The van der Waals surface area contributed by atoms with Gasteiger partial charge in [-0.25, -0.2) is 0 Å². The van der Waals surface area contributed by atoms with Crippen molar-refractivity contribution in [1.82, 2.24) is 4.98 Å². The van der Waals surface area contributed by atoms with Gasteiger partial charge in [0.1, 0.15) is 12.4 Å². The quantitative estimate of drug-likeness (QED) is 0.499. The third-order valence-corrected chi connectivity index (χ3v) is 2.35. The molecule has 1 rings (SSSR count). The number of ether oxygens (including phenoxy) is 4. The molecule has 2 N–H and O–H groups in total. The molecule has 1 aromatic heterocycles. The third-order valence-electron chi connectivity index (χ3n) is 2.35. The lowest BCUT2D eigenvalue weighted by molar-refractivity contribution is 0.0179. The van der Waals surface area contributed by atoms with E-state index in [9.17, 15) is 0 Å². The van der Waals surface area contributed by atoms with E-state index >= 15 is 0 Å². The fourth-order valence-electron chi connectivity index (χ4n) is 1.40. The summed E-state index contributed by atoms with van der Waals surface area (Å²) in [6.45, 7) is 3.53. The molecule has 0 saturated heterocycles. The topological polar surface area (TPSA) is 75.8 Å². The molecule has 6 nitrogen and oxygen atoms in total. The summed E-state index contributed by atoms with van der Waals surface area (Å²) in [6.07, 6.45) is 3.31. The van der Waals surface area contributed by atoms with Crippen LogP contribution >= 0.6 is 0 Å². The lowest BCUT2D eigenvalue weighted by Gasteiger charge is -2.07. The molecule has 116 valence electrons. The molecule has 0 saturated carbocycles. The van der Waals surface area contributed by atoms with Crippen molar-refractivity contribution in [2.75, 3.05) is 53.3 Å². The lowest BCUT2D eigenvalue weighted by Crippen LogP contribution is -2.12. The lowest BCUT2D eigenvalue weighted by atomic mass is 10.3. The SMILES string of the molecule is COCCOCCOCCOc1cncc(C#CCN)c1. The van der Waals surface area contributed by atoms with E-state index < -0.39 is 0 Å². The maximum Gasteiger partial charge on any atom is 0.138 e. The average molecular weight is 294 g/mol. The van der Waals surface area contributed by atoms with Crippen LogP contribution in [0, 0.1) is 11.8 Å². The smallest absolute Gasteiger partial charge is 0.138 e. The Hall–Kier alpha value is -1.65. The van der Waals surface area contributed by atoms with Crippen LogP contribution in [-0.4, -0.2) is 58.3 Å². The normalized spacial score (nSPS) is 10.0. The number of pyridine rings is 1. The number of nitrogens with zero attached hydrogens (tertiary/aromatic N) is 1. The van der Waals surface area contributed by atoms with Crippen LogP contribution in [0.3, 0.4) is 0 Å². The van der Waals surface area contributed by atoms with Crippen LogP contribution < -0.4 is 10.5 Å². The van der Waals surface area contributed by atoms with Crippen molar-refractivity contribution in [2.24, 2.45) is 5.73 Å². The van der Waals surface area contributed by atoms with Gasteiger partial charge in [-0.1, -0.05) is 11.8 Å². The molecule has 0 unspecified atom stereocenters. The van der Waals surface area contributed by atoms with E-state index in [1.165, 1.54) is 0 Å². The summed E-state index contributed by atoms with van der Waals surface area (Å²) in [5, 5.41) is 0. The summed E-state index contributed by atoms with van der Waals surface area (Å²) < 4.78 is 21.0. The van der Waals surface area contributed by atoms with Crippen molar-refractivity contribution < 1.29 is 18.9 Å². The minimum Gasteiger partial charge on any atom is -0.490 e. The third kappa shape index (κ3) is 9.00. The van der Waals surface area contributed by atoms with E-state index in [4.69, 9.17) is 24.7 Å². The number of hydrogen-bond donors (Lipinski definition) is 1. The predicted molar refractivity (Wildman–Crippen MR) is 79.2 cm³/mol. The molecule has 0 aliphatic rings. The zero-order valence-electron chi connectivity index (χ0n) is 12.3. The second kappa shape index (κ2) is 12.1. The molecule has 0 aromatic carbocycles. The maximum atomic E-state index is 5.52. The van der Waals surface area contributed by atoms with Crippen LogP contribution in [0.4, 0.5) is 0 Å². The first-order valence-corrected chi connectivity index (χ1v) is 6.78. The van der Waals surface area contributed by atoms with Crippen LogP contribution in [-0.2, 0) is 14.2 Å². The molecule has 0 amide bonds. The van der Waals surface area contributed by atoms with Crippen molar-refractivity contribution >= 4 is 0 Å². The Bertz CT molecular complexity index is 443. The summed E-state index contributed by atoms with van der Waals surface area (Å²) in [6, 6.07) is 1.82. The number of nitrogens with two attached hydrogens (primary N) is 1.